The molecule has 3 nitrogen and oxygen atoms in total. The van der Waals surface area contributed by atoms with Gasteiger partial charge in [-0.1, -0.05) is 18.2 Å². The molecule has 0 aromatic heterocycles. The van der Waals surface area contributed by atoms with E-state index >= 15 is 0 Å². The molecule has 0 heterocycles. The van der Waals surface area contributed by atoms with E-state index in [1.54, 1.807) is 0 Å². The lowest BCUT2D eigenvalue weighted by atomic mass is 10.3. The second-order valence-electron chi connectivity index (χ2n) is 2.57. The first-order chi connectivity index (χ1) is 5.79. The Morgan fingerprint density at radius 3 is 2.33 bits per heavy atom. The number of rotatable bonds is 2. The van der Waals surface area contributed by atoms with E-state index < -0.39 is 0 Å². The van der Waals surface area contributed by atoms with Gasteiger partial charge in [-0.3, -0.25) is 0 Å². The van der Waals surface area contributed by atoms with Crippen LogP contribution in [0.2, 0.25) is 0 Å². The molecular weight excluding hydrogens is 150 g/mol. The summed E-state index contributed by atoms with van der Waals surface area (Å²) in [5, 5.41) is 11.3. The molecule has 0 aliphatic heterocycles. The van der Waals surface area contributed by atoms with Gasteiger partial charge in [-0.2, -0.15) is 0 Å². The van der Waals surface area contributed by atoms with Crippen molar-refractivity contribution in [3.05, 3.63) is 30.3 Å². The van der Waals surface area contributed by atoms with Gasteiger partial charge in [0.25, 0.3) is 0 Å². The smallest absolute Gasteiger partial charge is 0.0875 e. The quantitative estimate of drug-likeness (QED) is 0.363. The molecule has 62 valence electrons. The van der Waals surface area contributed by atoms with Gasteiger partial charge in [0.15, 0.2) is 0 Å². The average molecular weight is 161 g/mol. The third-order valence-electron chi connectivity index (χ3n) is 1.16. The van der Waals surface area contributed by atoms with Gasteiger partial charge < -0.3 is 0 Å². The van der Waals surface area contributed by atoms with Crippen molar-refractivity contribution in [2.24, 2.45) is 15.4 Å². The van der Waals surface area contributed by atoms with E-state index in [-0.39, 0.29) is 0 Å². The summed E-state index contributed by atoms with van der Waals surface area (Å²) in [6, 6.07) is 9.52. The number of hydrogen-bond acceptors (Lipinski definition) is 2. The van der Waals surface area contributed by atoms with E-state index in [1.165, 1.54) is 0 Å². The van der Waals surface area contributed by atoms with Crippen LogP contribution >= 0.6 is 0 Å². The molecule has 0 unspecified atom stereocenters. The molecule has 1 rings (SSSR count). The lowest BCUT2D eigenvalue weighted by Gasteiger charge is -1.86. The molecule has 12 heavy (non-hydrogen) atoms. The van der Waals surface area contributed by atoms with Crippen molar-refractivity contribution in [2.75, 3.05) is 0 Å². The summed E-state index contributed by atoms with van der Waals surface area (Å²) in [5.74, 6) is 0. The van der Waals surface area contributed by atoms with Gasteiger partial charge in [-0.15, -0.1) is 10.2 Å². The second-order valence-corrected chi connectivity index (χ2v) is 2.57. The van der Waals surface area contributed by atoms with Crippen LogP contribution in [0.1, 0.15) is 13.8 Å². The molecule has 0 bridgehead atoms. The van der Waals surface area contributed by atoms with E-state index in [4.69, 9.17) is 0 Å². The first-order valence-electron chi connectivity index (χ1n) is 3.76. The van der Waals surface area contributed by atoms with Crippen molar-refractivity contribution < 1.29 is 0 Å². The molecule has 3 heteroatoms. The van der Waals surface area contributed by atoms with Crippen molar-refractivity contribution in [3.8, 4) is 0 Å². The van der Waals surface area contributed by atoms with E-state index in [0.29, 0.717) is 0 Å². The summed E-state index contributed by atoms with van der Waals surface area (Å²) in [4.78, 5) is 0. The molecular formula is C9H11N3. The van der Waals surface area contributed by atoms with Crippen LogP contribution in [0.3, 0.4) is 0 Å². The second kappa shape index (κ2) is 4.38. The number of nitrogens with zero attached hydrogens (tertiary/aromatic N) is 3. The van der Waals surface area contributed by atoms with E-state index in [1.807, 2.05) is 44.2 Å². The summed E-state index contributed by atoms with van der Waals surface area (Å²) in [7, 11) is 0. The standard InChI is InChI=1S/C9H11N3/c1-8(2)10-12-11-9-6-4-3-5-7-9/h3-7H,1-2H3. The Morgan fingerprint density at radius 2 is 1.75 bits per heavy atom. The Hall–Kier alpha value is -1.51. The highest BCUT2D eigenvalue weighted by Gasteiger charge is 1.82. The predicted octanol–water partition coefficient (Wildman–Crippen LogP) is 3.17. The monoisotopic (exact) mass is 161 g/mol. The first-order valence-corrected chi connectivity index (χ1v) is 3.76. The van der Waals surface area contributed by atoms with Crippen molar-refractivity contribution >= 4 is 11.4 Å². The summed E-state index contributed by atoms with van der Waals surface area (Å²) in [6.45, 7) is 3.76. The highest BCUT2D eigenvalue weighted by molar-refractivity contribution is 5.78. The van der Waals surface area contributed by atoms with Crippen LogP contribution in [-0.4, -0.2) is 5.71 Å². The van der Waals surface area contributed by atoms with E-state index in [9.17, 15) is 0 Å². The number of hydrogen-bond donors (Lipinski definition) is 0. The molecule has 0 spiro atoms. The zero-order chi connectivity index (χ0) is 8.81. The summed E-state index contributed by atoms with van der Waals surface area (Å²) < 4.78 is 0. The van der Waals surface area contributed by atoms with Gasteiger partial charge in [0, 0.05) is 5.71 Å². The molecule has 0 atom stereocenters. The third kappa shape index (κ3) is 3.05. The van der Waals surface area contributed by atoms with Crippen molar-refractivity contribution in [3.63, 3.8) is 0 Å². The summed E-state index contributed by atoms with van der Waals surface area (Å²) in [6.07, 6.45) is 0. The molecule has 0 N–H and O–H groups in total. The molecule has 0 radical (unpaired) electrons. The summed E-state index contributed by atoms with van der Waals surface area (Å²) in [5.41, 5.74) is 1.72. The maximum Gasteiger partial charge on any atom is 0.0875 e. The van der Waals surface area contributed by atoms with Crippen LogP contribution in [0.4, 0.5) is 5.69 Å². The Balaban J connectivity index is 2.64. The van der Waals surface area contributed by atoms with Crippen LogP contribution < -0.4 is 0 Å². The lowest BCUT2D eigenvalue weighted by molar-refractivity contribution is 1.05. The van der Waals surface area contributed by atoms with Gasteiger partial charge in [0.05, 0.1) is 5.69 Å². The minimum absolute atomic E-state index is 0.822. The molecule has 0 saturated heterocycles. The molecule has 0 saturated carbocycles. The van der Waals surface area contributed by atoms with Gasteiger partial charge in [-0.05, 0) is 31.2 Å². The number of benzene rings is 1. The average Bonchev–Trinajstić information content (AvgIpc) is 2.05. The molecule has 0 aliphatic carbocycles. The van der Waals surface area contributed by atoms with Crippen molar-refractivity contribution in [1.29, 1.82) is 0 Å². The minimum Gasteiger partial charge on any atom is -0.140 e. The molecule has 0 aliphatic rings. The first kappa shape index (κ1) is 8.59. The molecule has 0 fully saturated rings. The fraction of sp³-hybridized carbons (Fsp3) is 0.222. The van der Waals surface area contributed by atoms with E-state index in [2.05, 4.69) is 15.4 Å². The maximum absolute atomic E-state index is 3.88. The Kier molecular flexibility index (Phi) is 3.14. The van der Waals surface area contributed by atoms with Crippen LogP contribution in [-0.2, 0) is 0 Å². The lowest BCUT2D eigenvalue weighted by Crippen LogP contribution is -1.74. The highest BCUT2D eigenvalue weighted by Crippen LogP contribution is 2.09. The van der Waals surface area contributed by atoms with Crippen LogP contribution in [0, 0.1) is 0 Å². The topological polar surface area (TPSA) is 37.1 Å². The Morgan fingerprint density at radius 1 is 1.08 bits per heavy atom. The normalized spacial score (nSPS) is 10.2. The SMILES string of the molecule is CC(C)=NN=Nc1ccccc1. The van der Waals surface area contributed by atoms with Gasteiger partial charge in [0.1, 0.15) is 0 Å². The fourth-order valence-electron chi connectivity index (χ4n) is 0.658. The fourth-order valence-corrected chi connectivity index (χ4v) is 0.658. The largest absolute Gasteiger partial charge is 0.140 e. The summed E-state index contributed by atoms with van der Waals surface area (Å²) >= 11 is 0. The van der Waals surface area contributed by atoms with Crippen molar-refractivity contribution in [1.82, 2.24) is 0 Å². The van der Waals surface area contributed by atoms with Crippen LogP contribution in [0.5, 0.6) is 0 Å². The van der Waals surface area contributed by atoms with Crippen LogP contribution in [0.15, 0.2) is 45.8 Å². The predicted molar refractivity (Wildman–Crippen MR) is 49.7 cm³/mol. The Labute approximate surface area is 71.8 Å². The molecule has 1 aromatic carbocycles. The van der Waals surface area contributed by atoms with Crippen LogP contribution in [0.25, 0.3) is 0 Å². The maximum atomic E-state index is 3.88. The van der Waals surface area contributed by atoms with Gasteiger partial charge in [-0.25, -0.2) is 0 Å². The van der Waals surface area contributed by atoms with Gasteiger partial charge >= 0.3 is 0 Å². The minimum atomic E-state index is 0.822. The zero-order valence-corrected chi connectivity index (χ0v) is 7.23. The highest BCUT2D eigenvalue weighted by atomic mass is 15.4. The van der Waals surface area contributed by atoms with Gasteiger partial charge in [0.2, 0.25) is 0 Å². The van der Waals surface area contributed by atoms with E-state index in [0.717, 1.165) is 11.4 Å². The third-order valence-corrected chi connectivity index (χ3v) is 1.16. The molecule has 0 amide bonds. The zero-order valence-electron chi connectivity index (χ0n) is 7.23. The Bertz CT molecular complexity index is 284. The molecule has 1 aromatic rings. The van der Waals surface area contributed by atoms with Crippen molar-refractivity contribution in [2.45, 2.75) is 13.8 Å².